The van der Waals surface area contributed by atoms with Crippen LogP contribution in [-0.2, 0) is 4.79 Å². The summed E-state index contributed by atoms with van der Waals surface area (Å²) in [5.74, 6) is 3.12. The van der Waals surface area contributed by atoms with E-state index in [1.807, 2.05) is 0 Å². The third kappa shape index (κ3) is 13.2. The summed E-state index contributed by atoms with van der Waals surface area (Å²) >= 11 is 0. The van der Waals surface area contributed by atoms with Gasteiger partial charge in [-0.05, 0) is 19.3 Å². The van der Waals surface area contributed by atoms with Crippen molar-refractivity contribution in [3.8, 4) is 12.3 Å². The minimum Gasteiger partial charge on any atom is -0.300 e. The number of terminal acetylenes is 1. The molecule has 0 atom stereocenters. The van der Waals surface area contributed by atoms with Crippen LogP contribution >= 0.6 is 0 Å². The van der Waals surface area contributed by atoms with Crippen molar-refractivity contribution in [2.75, 3.05) is 0 Å². The van der Waals surface area contributed by atoms with Crippen LogP contribution in [0.2, 0.25) is 0 Å². The fraction of sp³-hybridized carbons (Fsp3) is 0.812. The molecule has 1 heteroatoms. The van der Waals surface area contributed by atoms with Gasteiger partial charge in [0.1, 0.15) is 5.78 Å². The van der Waals surface area contributed by atoms with E-state index in [9.17, 15) is 4.79 Å². The summed E-state index contributed by atoms with van der Waals surface area (Å²) < 4.78 is 0. The highest BCUT2D eigenvalue weighted by atomic mass is 16.1. The zero-order chi connectivity index (χ0) is 12.8. The van der Waals surface area contributed by atoms with Crippen molar-refractivity contribution in [3.63, 3.8) is 0 Å². The maximum Gasteiger partial charge on any atom is 0.132 e. The van der Waals surface area contributed by atoms with Gasteiger partial charge in [0.25, 0.3) is 0 Å². The zero-order valence-corrected chi connectivity index (χ0v) is 11.5. The van der Waals surface area contributed by atoms with Gasteiger partial charge in [0, 0.05) is 19.3 Å². The number of unbranched alkanes of at least 4 members (excludes halogenated alkanes) is 8. The van der Waals surface area contributed by atoms with Crippen LogP contribution in [-0.4, -0.2) is 5.78 Å². The SMILES string of the molecule is C#CCCCCCCCCCCC(=O)CCC. The molecule has 0 aromatic rings. The van der Waals surface area contributed by atoms with E-state index >= 15 is 0 Å². The molecule has 0 aliphatic heterocycles. The van der Waals surface area contributed by atoms with Gasteiger partial charge >= 0.3 is 0 Å². The minimum absolute atomic E-state index is 0.446. The Morgan fingerprint density at radius 1 is 0.882 bits per heavy atom. The van der Waals surface area contributed by atoms with Crippen molar-refractivity contribution < 1.29 is 4.79 Å². The van der Waals surface area contributed by atoms with Gasteiger partial charge in [-0.15, -0.1) is 12.3 Å². The van der Waals surface area contributed by atoms with Crippen LogP contribution in [0.3, 0.4) is 0 Å². The molecule has 0 aromatic carbocycles. The maximum absolute atomic E-state index is 11.3. The highest BCUT2D eigenvalue weighted by Gasteiger charge is 1.99. The minimum atomic E-state index is 0.446. The van der Waals surface area contributed by atoms with E-state index in [4.69, 9.17) is 6.42 Å². The first-order valence-corrected chi connectivity index (χ1v) is 7.26. The Bertz CT molecular complexity index is 212. The second kappa shape index (κ2) is 13.3. The molecule has 0 rings (SSSR count). The van der Waals surface area contributed by atoms with E-state index in [0.717, 1.165) is 32.1 Å². The normalized spacial score (nSPS) is 10.1. The zero-order valence-electron chi connectivity index (χ0n) is 11.5. The van der Waals surface area contributed by atoms with Gasteiger partial charge in [-0.1, -0.05) is 45.4 Å². The lowest BCUT2D eigenvalue weighted by Crippen LogP contribution is -1.96. The fourth-order valence-corrected chi connectivity index (χ4v) is 2.01. The van der Waals surface area contributed by atoms with Crippen molar-refractivity contribution in [1.29, 1.82) is 0 Å². The number of Topliss-reactive ketones (excluding diaryl/α,β-unsaturated/α-hetero) is 1. The topological polar surface area (TPSA) is 17.1 Å². The van der Waals surface area contributed by atoms with E-state index in [-0.39, 0.29) is 0 Å². The van der Waals surface area contributed by atoms with Crippen molar-refractivity contribution in [2.24, 2.45) is 0 Å². The van der Waals surface area contributed by atoms with Crippen LogP contribution in [0.1, 0.15) is 84.0 Å². The van der Waals surface area contributed by atoms with Gasteiger partial charge in [0.2, 0.25) is 0 Å². The monoisotopic (exact) mass is 236 g/mol. The molecule has 0 amide bonds. The standard InChI is InChI=1S/C16H28O/c1-3-5-6-7-8-9-10-11-12-13-15-16(17)14-4-2/h1H,4-15H2,2H3. The van der Waals surface area contributed by atoms with Gasteiger partial charge in [-0.25, -0.2) is 0 Å². The van der Waals surface area contributed by atoms with Gasteiger partial charge in [-0.2, -0.15) is 0 Å². The first-order valence-electron chi connectivity index (χ1n) is 7.26. The number of hydrogen-bond acceptors (Lipinski definition) is 1. The Balaban J connectivity index is 3.04. The molecule has 0 radical (unpaired) electrons. The molecule has 0 heterocycles. The highest BCUT2D eigenvalue weighted by Crippen LogP contribution is 2.11. The average Bonchev–Trinajstić information content (AvgIpc) is 2.32. The summed E-state index contributed by atoms with van der Waals surface area (Å²) in [6.07, 6.45) is 18.7. The molecule has 0 aliphatic rings. The van der Waals surface area contributed by atoms with Crippen molar-refractivity contribution >= 4 is 5.78 Å². The molecule has 0 bridgehead atoms. The molecular formula is C16H28O. The molecule has 98 valence electrons. The van der Waals surface area contributed by atoms with Crippen LogP contribution in [0.4, 0.5) is 0 Å². The number of ketones is 1. The lowest BCUT2D eigenvalue weighted by atomic mass is 10.0. The van der Waals surface area contributed by atoms with Crippen LogP contribution in [0.15, 0.2) is 0 Å². The molecule has 0 fully saturated rings. The number of carbonyl (C=O) groups excluding carboxylic acids is 1. The predicted octanol–water partition coefficient (Wildman–Crippen LogP) is 4.89. The van der Waals surface area contributed by atoms with Gasteiger partial charge in [-0.3, -0.25) is 4.79 Å². The predicted molar refractivity (Wildman–Crippen MR) is 74.9 cm³/mol. The highest BCUT2D eigenvalue weighted by molar-refractivity contribution is 5.78. The summed E-state index contributed by atoms with van der Waals surface area (Å²) in [6.45, 7) is 2.07. The van der Waals surface area contributed by atoms with E-state index < -0.39 is 0 Å². The lowest BCUT2D eigenvalue weighted by molar-refractivity contribution is -0.119. The van der Waals surface area contributed by atoms with Gasteiger partial charge in [0.05, 0.1) is 0 Å². The molecular weight excluding hydrogens is 208 g/mol. The van der Waals surface area contributed by atoms with Gasteiger partial charge in [0.15, 0.2) is 0 Å². The summed E-state index contributed by atoms with van der Waals surface area (Å²) in [5, 5.41) is 0. The van der Waals surface area contributed by atoms with E-state index in [1.165, 1.54) is 44.9 Å². The smallest absolute Gasteiger partial charge is 0.132 e. The summed E-state index contributed by atoms with van der Waals surface area (Å²) in [6, 6.07) is 0. The molecule has 0 unspecified atom stereocenters. The molecule has 0 saturated carbocycles. The second-order valence-electron chi connectivity index (χ2n) is 4.82. The fourth-order valence-electron chi connectivity index (χ4n) is 2.01. The Labute approximate surface area is 107 Å². The van der Waals surface area contributed by atoms with Gasteiger partial charge < -0.3 is 0 Å². The van der Waals surface area contributed by atoms with E-state index in [1.54, 1.807) is 0 Å². The van der Waals surface area contributed by atoms with E-state index in [2.05, 4.69) is 12.8 Å². The van der Waals surface area contributed by atoms with Crippen LogP contribution in [0.25, 0.3) is 0 Å². The summed E-state index contributed by atoms with van der Waals surface area (Å²) in [4.78, 5) is 11.3. The molecule has 0 aromatic heterocycles. The number of rotatable bonds is 12. The van der Waals surface area contributed by atoms with Crippen LogP contribution < -0.4 is 0 Å². The van der Waals surface area contributed by atoms with E-state index in [0.29, 0.717) is 5.78 Å². The molecule has 0 aliphatic carbocycles. The number of carbonyl (C=O) groups is 1. The van der Waals surface area contributed by atoms with Crippen LogP contribution in [0.5, 0.6) is 0 Å². The molecule has 0 spiro atoms. The average molecular weight is 236 g/mol. The van der Waals surface area contributed by atoms with Crippen molar-refractivity contribution in [1.82, 2.24) is 0 Å². The Morgan fingerprint density at radius 2 is 1.41 bits per heavy atom. The largest absolute Gasteiger partial charge is 0.300 e. The lowest BCUT2D eigenvalue weighted by Gasteiger charge is -2.01. The Morgan fingerprint density at radius 3 is 1.94 bits per heavy atom. The first kappa shape index (κ1) is 16.2. The molecule has 0 saturated heterocycles. The second-order valence-corrected chi connectivity index (χ2v) is 4.82. The molecule has 0 N–H and O–H groups in total. The third-order valence-corrected chi connectivity index (χ3v) is 3.06. The quantitative estimate of drug-likeness (QED) is 0.348. The third-order valence-electron chi connectivity index (χ3n) is 3.06. The van der Waals surface area contributed by atoms with Crippen LogP contribution in [0, 0.1) is 12.3 Å². The summed E-state index contributed by atoms with van der Waals surface area (Å²) in [7, 11) is 0. The molecule has 17 heavy (non-hydrogen) atoms. The summed E-state index contributed by atoms with van der Waals surface area (Å²) in [5.41, 5.74) is 0. The van der Waals surface area contributed by atoms with Crippen molar-refractivity contribution in [3.05, 3.63) is 0 Å². The van der Waals surface area contributed by atoms with Crippen molar-refractivity contribution in [2.45, 2.75) is 84.0 Å². The molecule has 1 nitrogen and oxygen atoms in total. The first-order chi connectivity index (χ1) is 8.31. The number of hydrogen-bond donors (Lipinski definition) is 0. The Hall–Kier alpha value is -0.770. The Kier molecular flexibility index (Phi) is 12.7. The maximum atomic E-state index is 11.3.